The summed E-state index contributed by atoms with van der Waals surface area (Å²) in [6.07, 6.45) is 0.874. The van der Waals surface area contributed by atoms with Crippen LogP contribution in [0, 0.1) is 41.8 Å². The van der Waals surface area contributed by atoms with Crippen molar-refractivity contribution in [1.82, 2.24) is 0 Å². The molecule has 0 atom stereocenters. The first-order valence-electron chi connectivity index (χ1n) is 5.55. The highest BCUT2D eigenvalue weighted by Crippen LogP contribution is 2.35. The van der Waals surface area contributed by atoms with Crippen molar-refractivity contribution in [3.05, 3.63) is 58.7 Å². The van der Waals surface area contributed by atoms with Gasteiger partial charge in [-0.05, 0) is 13.3 Å². The fraction of sp³-hybridized carbons (Fsp3) is 0.143. The maximum atomic E-state index is 13.9. The number of allylic oxidation sites excluding steroid dienone is 1. The van der Waals surface area contributed by atoms with Gasteiger partial charge in [-0.15, -0.1) is 6.58 Å². The maximum absolute atomic E-state index is 13.9. The van der Waals surface area contributed by atoms with Crippen LogP contribution in [0.1, 0.15) is 11.1 Å². The van der Waals surface area contributed by atoms with Gasteiger partial charge in [0.25, 0.3) is 0 Å². The molecular weight excluding hydrogens is 282 g/mol. The molecule has 0 saturated carbocycles. The molecule has 6 heteroatoms. The lowest BCUT2D eigenvalue weighted by Gasteiger charge is -2.13. The fourth-order valence-corrected chi connectivity index (χ4v) is 2.08. The molecule has 0 saturated heterocycles. The van der Waals surface area contributed by atoms with Crippen molar-refractivity contribution in [3.63, 3.8) is 0 Å². The Bertz CT molecular complexity index is 725. The van der Waals surface area contributed by atoms with E-state index in [4.69, 9.17) is 0 Å². The maximum Gasteiger partial charge on any atom is 0.198 e. The molecule has 106 valence electrons. The molecule has 2 aromatic rings. The summed E-state index contributed by atoms with van der Waals surface area (Å²) in [5.74, 6) is -10.6. The molecule has 20 heavy (non-hydrogen) atoms. The molecule has 2 rings (SSSR count). The zero-order chi connectivity index (χ0) is 15.2. The van der Waals surface area contributed by atoms with Crippen LogP contribution < -0.4 is 0 Å². The monoisotopic (exact) mass is 290 g/mol. The van der Waals surface area contributed by atoms with Crippen molar-refractivity contribution in [1.29, 1.82) is 0 Å². The third kappa shape index (κ3) is 1.78. The quantitative estimate of drug-likeness (QED) is 0.325. The molecule has 0 radical (unpaired) electrons. The average Bonchev–Trinajstić information content (AvgIpc) is 2.43. The first kappa shape index (κ1) is 14.4. The summed E-state index contributed by atoms with van der Waals surface area (Å²) < 4.78 is 81.7. The first-order valence-corrected chi connectivity index (χ1v) is 5.55. The molecule has 0 aliphatic heterocycles. The minimum atomic E-state index is -2.13. The second-order valence-electron chi connectivity index (χ2n) is 4.23. The van der Waals surface area contributed by atoms with Gasteiger partial charge in [0.05, 0.1) is 5.39 Å². The number of hydrogen-bond acceptors (Lipinski definition) is 0. The van der Waals surface area contributed by atoms with Crippen LogP contribution >= 0.6 is 0 Å². The number of benzene rings is 2. The van der Waals surface area contributed by atoms with Gasteiger partial charge in [-0.2, -0.15) is 0 Å². The molecule has 0 fully saturated rings. The van der Waals surface area contributed by atoms with Crippen LogP contribution in [-0.2, 0) is 6.42 Å². The average molecular weight is 290 g/mol. The van der Waals surface area contributed by atoms with Gasteiger partial charge in [0.2, 0.25) is 0 Å². The van der Waals surface area contributed by atoms with E-state index in [0.717, 1.165) is 13.0 Å². The van der Waals surface area contributed by atoms with Gasteiger partial charge in [-0.3, -0.25) is 0 Å². The highest BCUT2D eigenvalue weighted by atomic mass is 19.2. The Morgan fingerprint density at radius 2 is 1.25 bits per heavy atom. The predicted molar refractivity (Wildman–Crippen MR) is 62.3 cm³/mol. The summed E-state index contributed by atoms with van der Waals surface area (Å²) in [6.45, 7) is 4.30. The highest BCUT2D eigenvalue weighted by molar-refractivity contribution is 5.89. The topological polar surface area (TPSA) is 0 Å². The molecular formula is C14H8F6. The standard InChI is InChI=1S/C14H8F6/c1-3-4-6-7-8(10(16)5(2)9(6)15)12(18)14(20)13(19)11(7)17/h3H,1,4H2,2H3. The Balaban J connectivity index is 3.17. The van der Waals surface area contributed by atoms with Crippen molar-refractivity contribution < 1.29 is 26.3 Å². The lowest BCUT2D eigenvalue weighted by atomic mass is 9.96. The SMILES string of the molecule is C=CCc1c(F)c(C)c(F)c2c(F)c(F)c(F)c(F)c12. The van der Waals surface area contributed by atoms with E-state index in [9.17, 15) is 26.3 Å². The Morgan fingerprint density at radius 3 is 1.75 bits per heavy atom. The van der Waals surface area contributed by atoms with Crippen molar-refractivity contribution in [3.8, 4) is 0 Å². The number of halogens is 6. The van der Waals surface area contributed by atoms with Crippen LogP contribution in [0.3, 0.4) is 0 Å². The largest absolute Gasteiger partial charge is 0.206 e. The summed E-state index contributed by atoms with van der Waals surface area (Å²) in [7, 11) is 0. The molecule has 0 spiro atoms. The van der Waals surface area contributed by atoms with E-state index in [2.05, 4.69) is 6.58 Å². The van der Waals surface area contributed by atoms with Crippen LogP contribution in [0.4, 0.5) is 26.3 Å². The number of fused-ring (bicyclic) bond motifs is 1. The lowest BCUT2D eigenvalue weighted by Crippen LogP contribution is -2.07. The summed E-state index contributed by atoms with van der Waals surface area (Å²) >= 11 is 0. The molecule has 2 aromatic carbocycles. The summed E-state index contributed by atoms with van der Waals surface area (Å²) in [4.78, 5) is 0. The summed E-state index contributed by atoms with van der Waals surface area (Å²) in [5, 5.41) is -2.04. The molecule has 0 bridgehead atoms. The minimum absolute atomic E-state index is 0.287. The normalized spacial score (nSPS) is 11.2. The molecule has 0 aliphatic carbocycles. The van der Waals surface area contributed by atoms with Gasteiger partial charge >= 0.3 is 0 Å². The second-order valence-corrected chi connectivity index (χ2v) is 4.23. The van der Waals surface area contributed by atoms with E-state index in [-0.39, 0.29) is 6.42 Å². The minimum Gasteiger partial charge on any atom is -0.206 e. The van der Waals surface area contributed by atoms with Gasteiger partial charge < -0.3 is 0 Å². The molecule has 0 N–H and O–H groups in total. The van der Waals surface area contributed by atoms with Crippen LogP contribution in [0.5, 0.6) is 0 Å². The Hall–Kier alpha value is -1.98. The zero-order valence-electron chi connectivity index (χ0n) is 10.3. The summed E-state index contributed by atoms with van der Waals surface area (Å²) in [5.41, 5.74) is -1.07. The van der Waals surface area contributed by atoms with E-state index in [1.807, 2.05) is 0 Å². The van der Waals surface area contributed by atoms with E-state index < -0.39 is 56.8 Å². The van der Waals surface area contributed by atoms with Crippen molar-refractivity contribution in [2.24, 2.45) is 0 Å². The van der Waals surface area contributed by atoms with Crippen molar-refractivity contribution in [2.45, 2.75) is 13.3 Å². The molecule has 0 unspecified atom stereocenters. The lowest BCUT2D eigenvalue weighted by molar-refractivity contribution is 0.415. The van der Waals surface area contributed by atoms with E-state index in [1.54, 1.807) is 0 Å². The third-order valence-electron chi connectivity index (χ3n) is 3.06. The van der Waals surface area contributed by atoms with Crippen LogP contribution in [0.15, 0.2) is 12.7 Å². The molecule has 0 nitrogen and oxygen atoms in total. The van der Waals surface area contributed by atoms with Gasteiger partial charge in [0.15, 0.2) is 23.3 Å². The number of rotatable bonds is 2. The van der Waals surface area contributed by atoms with Gasteiger partial charge in [0.1, 0.15) is 11.6 Å². The first-order chi connectivity index (χ1) is 9.32. The van der Waals surface area contributed by atoms with Gasteiger partial charge in [-0.25, -0.2) is 26.3 Å². The van der Waals surface area contributed by atoms with E-state index in [0.29, 0.717) is 0 Å². The number of hydrogen-bond donors (Lipinski definition) is 0. The second kappa shape index (κ2) is 4.85. The zero-order valence-corrected chi connectivity index (χ0v) is 10.3. The molecule has 0 aromatic heterocycles. The molecule has 0 aliphatic rings. The van der Waals surface area contributed by atoms with Crippen LogP contribution in [0.2, 0.25) is 0 Å². The third-order valence-corrected chi connectivity index (χ3v) is 3.06. The van der Waals surface area contributed by atoms with Crippen LogP contribution in [0.25, 0.3) is 10.8 Å². The van der Waals surface area contributed by atoms with Crippen molar-refractivity contribution in [2.75, 3.05) is 0 Å². The van der Waals surface area contributed by atoms with Crippen molar-refractivity contribution >= 4 is 10.8 Å². The summed E-state index contributed by atoms with van der Waals surface area (Å²) in [6, 6.07) is 0. The van der Waals surface area contributed by atoms with E-state index in [1.165, 1.54) is 0 Å². The molecule has 0 heterocycles. The van der Waals surface area contributed by atoms with E-state index >= 15 is 0 Å². The highest BCUT2D eigenvalue weighted by Gasteiger charge is 2.28. The molecule has 0 amide bonds. The smallest absolute Gasteiger partial charge is 0.198 e. The van der Waals surface area contributed by atoms with Gasteiger partial charge in [-0.1, -0.05) is 6.08 Å². The fourth-order valence-electron chi connectivity index (χ4n) is 2.08. The van der Waals surface area contributed by atoms with Crippen LogP contribution in [-0.4, -0.2) is 0 Å². The predicted octanol–water partition coefficient (Wildman–Crippen LogP) is 4.71. The Labute approximate surface area is 110 Å². The Morgan fingerprint density at radius 1 is 0.750 bits per heavy atom. The Kier molecular flexibility index (Phi) is 3.50. The van der Waals surface area contributed by atoms with Gasteiger partial charge in [0, 0.05) is 16.5 Å².